The lowest BCUT2D eigenvalue weighted by molar-refractivity contribution is 0.147. The van der Waals surface area contributed by atoms with Gasteiger partial charge in [-0.25, -0.2) is 4.98 Å². The van der Waals surface area contributed by atoms with E-state index in [1.165, 1.54) is 37.8 Å². The molecule has 0 spiro atoms. The number of aliphatic imine (C=N–C) groups is 1. The van der Waals surface area contributed by atoms with Crippen molar-refractivity contribution in [1.29, 1.82) is 0 Å². The summed E-state index contributed by atoms with van der Waals surface area (Å²) >= 11 is 0. The van der Waals surface area contributed by atoms with Gasteiger partial charge < -0.3 is 15.2 Å². The number of likely N-dealkylation sites (tertiary alicyclic amines) is 1. The van der Waals surface area contributed by atoms with Gasteiger partial charge in [0.05, 0.1) is 6.54 Å². The number of piperidine rings is 1. The number of benzene rings is 1. The maximum absolute atomic E-state index is 4.53. The molecule has 31 heavy (non-hydrogen) atoms. The van der Waals surface area contributed by atoms with E-state index in [9.17, 15) is 0 Å². The molecule has 0 saturated carbocycles. The van der Waals surface area contributed by atoms with Crippen molar-refractivity contribution in [3.8, 4) is 0 Å². The van der Waals surface area contributed by atoms with E-state index in [-0.39, 0.29) is 24.0 Å². The SMILES string of the molecule is CCC1CCCCN1CCNC(=NC)NCc1nccn1CCCc1ccccc1.I. The molecule has 2 N–H and O–H groups in total. The van der Waals surface area contributed by atoms with Gasteiger partial charge in [0.2, 0.25) is 0 Å². The number of hydrogen-bond acceptors (Lipinski definition) is 3. The average Bonchev–Trinajstić information content (AvgIpc) is 3.24. The molecule has 1 aromatic heterocycles. The predicted molar refractivity (Wildman–Crippen MR) is 140 cm³/mol. The maximum atomic E-state index is 4.53. The summed E-state index contributed by atoms with van der Waals surface area (Å²) in [6.45, 7) is 7.19. The fourth-order valence-corrected chi connectivity index (χ4v) is 4.33. The number of aryl methyl sites for hydroxylation is 2. The topological polar surface area (TPSA) is 57.5 Å². The lowest BCUT2D eigenvalue weighted by Gasteiger charge is -2.35. The zero-order valence-electron chi connectivity index (χ0n) is 19.1. The van der Waals surface area contributed by atoms with Gasteiger partial charge in [0.1, 0.15) is 5.82 Å². The number of aromatic nitrogens is 2. The first-order valence-corrected chi connectivity index (χ1v) is 11.5. The van der Waals surface area contributed by atoms with Crippen LogP contribution in [0.1, 0.15) is 50.4 Å². The minimum atomic E-state index is 0. The monoisotopic (exact) mass is 538 g/mol. The molecule has 7 heteroatoms. The lowest BCUT2D eigenvalue weighted by Crippen LogP contribution is -2.45. The summed E-state index contributed by atoms with van der Waals surface area (Å²) in [4.78, 5) is 11.5. The third-order valence-electron chi connectivity index (χ3n) is 6.06. The van der Waals surface area contributed by atoms with Gasteiger partial charge in [-0.3, -0.25) is 9.89 Å². The van der Waals surface area contributed by atoms with Crippen LogP contribution in [0.25, 0.3) is 0 Å². The van der Waals surface area contributed by atoms with Crippen LogP contribution >= 0.6 is 24.0 Å². The molecule has 1 unspecified atom stereocenters. The van der Waals surface area contributed by atoms with Gasteiger partial charge in [0.15, 0.2) is 5.96 Å². The van der Waals surface area contributed by atoms with Crippen LogP contribution < -0.4 is 10.6 Å². The van der Waals surface area contributed by atoms with Gasteiger partial charge >= 0.3 is 0 Å². The van der Waals surface area contributed by atoms with Crippen molar-refractivity contribution in [3.05, 3.63) is 54.1 Å². The Morgan fingerprint density at radius 2 is 2.00 bits per heavy atom. The number of hydrogen-bond donors (Lipinski definition) is 2. The van der Waals surface area contributed by atoms with E-state index in [4.69, 9.17) is 0 Å². The second-order valence-corrected chi connectivity index (χ2v) is 8.07. The molecule has 1 saturated heterocycles. The van der Waals surface area contributed by atoms with Crippen molar-refractivity contribution in [2.45, 2.75) is 64.6 Å². The minimum absolute atomic E-state index is 0. The third kappa shape index (κ3) is 8.44. The van der Waals surface area contributed by atoms with Crippen LogP contribution in [0.4, 0.5) is 0 Å². The fourth-order valence-electron chi connectivity index (χ4n) is 4.33. The van der Waals surface area contributed by atoms with Gasteiger partial charge in [0.25, 0.3) is 0 Å². The van der Waals surface area contributed by atoms with Crippen molar-refractivity contribution < 1.29 is 0 Å². The molecule has 6 nitrogen and oxygen atoms in total. The van der Waals surface area contributed by atoms with E-state index < -0.39 is 0 Å². The highest BCUT2D eigenvalue weighted by Crippen LogP contribution is 2.18. The Morgan fingerprint density at radius 1 is 1.16 bits per heavy atom. The van der Waals surface area contributed by atoms with Crippen LogP contribution in [0, 0.1) is 0 Å². The van der Waals surface area contributed by atoms with E-state index >= 15 is 0 Å². The zero-order valence-corrected chi connectivity index (χ0v) is 21.4. The predicted octanol–water partition coefficient (Wildman–Crippen LogP) is 4.06. The summed E-state index contributed by atoms with van der Waals surface area (Å²) < 4.78 is 2.24. The molecule has 1 aliphatic rings. The van der Waals surface area contributed by atoms with Gasteiger partial charge in [-0.05, 0) is 44.2 Å². The van der Waals surface area contributed by atoms with Crippen molar-refractivity contribution in [3.63, 3.8) is 0 Å². The van der Waals surface area contributed by atoms with Gasteiger partial charge in [0, 0.05) is 45.1 Å². The molecule has 1 aliphatic heterocycles. The molecule has 1 fully saturated rings. The normalized spacial score (nSPS) is 17.2. The molecule has 2 heterocycles. The summed E-state index contributed by atoms with van der Waals surface area (Å²) in [5, 5.41) is 6.89. The summed E-state index contributed by atoms with van der Waals surface area (Å²) in [7, 11) is 1.83. The highest BCUT2D eigenvalue weighted by molar-refractivity contribution is 14.0. The minimum Gasteiger partial charge on any atom is -0.355 e. The highest BCUT2D eigenvalue weighted by atomic mass is 127. The molecule has 2 aromatic rings. The number of nitrogens with one attached hydrogen (secondary N) is 2. The maximum Gasteiger partial charge on any atom is 0.191 e. The first-order chi connectivity index (χ1) is 14.8. The van der Waals surface area contributed by atoms with E-state index in [2.05, 4.69) is 73.5 Å². The standard InChI is InChI=1S/C24H38N6.HI/c1-3-22-13-7-8-16-29(22)18-15-27-24(25-2)28-20-23-26-14-19-30(23)17-9-12-21-10-5-4-6-11-21;/h4-6,10-11,14,19,22H,3,7-9,12-13,15-18,20H2,1-2H3,(H2,25,27,28);1H. The molecule has 0 radical (unpaired) electrons. The number of nitrogens with zero attached hydrogens (tertiary/aromatic N) is 4. The lowest BCUT2D eigenvalue weighted by atomic mass is 10.0. The van der Waals surface area contributed by atoms with Crippen LogP contribution in [0.15, 0.2) is 47.7 Å². The Labute approximate surface area is 204 Å². The first kappa shape index (κ1) is 25.6. The molecule has 0 aliphatic carbocycles. The van der Waals surface area contributed by atoms with Crippen molar-refractivity contribution in [2.75, 3.05) is 26.7 Å². The third-order valence-corrected chi connectivity index (χ3v) is 6.06. The molecule has 1 aromatic carbocycles. The summed E-state index contributed by atoms with van der Waals surface area (Å²) in [5.41, 5.74) is 1.39. The number of halogens is 1. The molecule has 1 atom stereocenters. The second-order valence-electron chi connectivity index (χ2n) is 8.07. The summed E-state index contributed by atoms with van der Waals surface area (Å²) in [6.07, 6.45) is 11.5. The Hall–Kier alpha value is -1.61. The van der Waals surface area contributed by atoms with Gasteiger partial charge in [-0.1, -0.05) is 43.7 Å². The Bertz CT molecular complexity index is 760. The van der Waals surface area contributed by atoms with Crippen LogP contribution in [0.2, 0.25) is 0 Å². The smallest absolute Gasteiger partial charge is 0.191 e. The van der Waals surface area contributed by atoms with E-state index in [0.717, 1.165) is 50.3 Å². The summed E-state index contributed by atoms with van der Waals surface area (Å²) in [5.74, 6) is 1.90. The fraction of sp³-hybridized carbons (Fsp3) is 0.583. The van der Waals surface area contributed by atoms with Gasteiger partial charge in [-0.15, -0.1) is 24.0 Å². The molecule has 3 rings (SSSR count). The largest absolute Gasteiger partial charge is 0.355 e. The Kier molecular flexibility index (Phi) is 12.0. The number of rotatable bonds is 10. The van der Waals surface area contributed by atoms with E-state index in [1.54, 1.807) is 0 Å². The molecule has 172 valence electrons. The van der Waals surface area contributed by atoms with Crippen molar-refractivity contribution in [2.24, 2.45) is 4.99 Å². The van der Waals surface area contributed by atoms with Crippen molar-refractivity contribution in [1.82, 2.24) is 25.1 Å². The summed E-state index contributed by atoms with van der Waals surface area (Å²) in [6, 6.07) is 11.4. The Balaban J connectivity index is 0.00000341. The second kappa shape index (κ2) is 14.5. The Morgan fingerprint density at radius 3 is 2.77 bits per heavy atom. The van der Waals surface area contributed by atoms with Gasteiger partial charge in [-0.2, -0.15) is 0 Å². The van der Waals surface area contributed by atoms with Crippen LogP contribution in [-0.2, 0) is 19.5 Å². The van der Waals surface area contributed by atoms with E-state index in [1.807, 2.05) is 13.2 Å². The highest BCUT2D eigenvalue weighted by Gasteiger charge is 2.19. The quantitative estimate of drug-likeness (QED) is 0.272. The average molecular weight is 539 g/mol. The van der Waals surface area contributed by atoms with Crippen LogP contribution in [0.5, 0.6) is 0 Å². The number of guanidine groups is 1. The molecule has 0 bridgehead atoms. The van der Waals surface area contributed by atoms with Crippen LogP contribution in [0.3, 0.4) is 0 Å². The number of imidazole rings is 1. The molecular formula is C24H39IN6. The van der Waals surface area contributed by atoms with Crippen LogP contribution in [-0.4, -0.2) is 53.1 Å². The molecule has 0 amide bonds. The van der Waals surface area contributed by atoms with Crippen molar-refractivity contribution >= 4 is 29.9 Å². The van der Waals surface area contributed by atoms with E-state index in [0.29, 0.717) is 6.54 Å². The zero-order chi connectivity index (χ0) is 21.0. The molecular weight excluding hydrogens is 499 g/mol. The first-order valence-electron chi connectivity index (χ1n) is 11.5.